The fraction of sp³-hybridized carbons (Fsp3) is 0.865. The molecule has 0 saturated carbocycles. The minimum Gasteiger partial charge on any atom is -0.481 e. The Balaban J connectivity index is 4.25. The molecule has 3 N–H and O–H groups in total. The summed E-state index contributed by atoms with van der Waals surface area (Å²) in [5, 5.41) is 27.2. The van der Waals surface area contributed by atoms with Gasteiger partial charge in [-0.15, -0.1) is 0 Å². The quantitative estimate of drug-likeness (QED) is 0.0367. The number of allylic oxidation sites excluding steroid dienone is 2. The molecular formula is C37H70NO6+. The van der Waals surface area contributed by atoms with Gasteiger partial charge in [0.2, 0.25) is 0 Å². The summed E-state index contributed by atoms with van der Waals surface area (Å²) in [4.78, 5) is 33.1. The van der Waals surface area contributed by atoms with Crippen LogP contribution >= 0.6 is 0 Å². The molecule has 0 amide bonds. The number of quaternary nitrogens is 1. The molecule has 0 rings (SSSR count). The maximum atomic E-state index is 11.0. The van der Waals surface area contributed by atoms with Crippen molar-refractivity contribution in [2.45, 2.75) is 180 Å². The summed E-state index contributed by atoms with van der Waals surface area (Å²) in [5.74, 6) is -2.30. The lowest BCUT2D eigenvalue weighted by molar-refractivity contribution is -0.929. The third kappa shape index (κ3) is 30.1. The van der Waals surface area contributed by atoms with Gasteiger partial charge in [-0.25, -0.2) is 0 Å². The first kappa shape index (κ1) is 42.1. The number of hydrogen-bond acceptors (Lipinski definition) is 3. The van der Waals surface area contributed by atoms with Crippen LogP contribution in [-0.4, -0.2) is 63.9 Å². The molecular weight excluding hydrogens is 554 g/mol. The SMILES string of the molecule is CCCCCCCC/C=C/CCCCCCCCCCCC[N+](CCCCC(=O)O)(CCCCC(=O)O)CCCCC(=O)O. The minimum absolute atomic E-state index is 0.175. The molecule has 0 saturated heterocycles. The lowest BCUT2D eigenvalue weighted by atomic mass is 10.0. The molecule has 0 aliphatic rings. The van der Waals surface area contributed by atoms with Gasteiger partial charge in [0.15, 0.2) is 0 Å². The van der Waals surface area contributed by atoms with E-state index in [-0.39, 0.29) is 19.3 Å². The Morgan fingerprint density at radius 1 is 0.409 bits per heavy atom. The number of carbonyl (C=O) groups is 3. The summed E-state index contributed by atoms with van der Waals surface area (Å²) in [6.45, 7) is 5.96. The molecule has 7 heteroatoms. The first-order chi connectivity index (χ1) is 21.3. The third-order valence-corrected chi connectivity index (χ3v) is 8.96. The van der Waals surface area contributed by atoms with Crippen LogP contribution in [0.5, 0.6) is 0 Å². The number of rotatable bonds is 35. The molecule has 0 fully saturated rings. The van der Waals surface area contributed by atoms with E-state index in [4.69, 9.17) is 15.3 Å². The fourth-order valence-corrected chi connectivity index (χ4v) is 6.24. The molecule has 44 heavy (non-hydrogen) atoms. The molecule has 0 bridgehead atoms. The highest BCUT2D eigenvalue weighted by Gasteiger charge is 2.26. The number of unbranched alkanes of at least 4 members (excludes halogenated alkanes) is 19. The molecule has 0 aromatic carbocycles. The van der Waals surface area contributed by atoms with Gasteiger partial charge in [0.05, 0.1) is 26.2 Å². The average Bonchev–Trinajstić information content (AvgIpc) is 2.98. The van der Waals surface area contributed by atoms with Crippen LogP contribution in [0.15, 0.2) is 12.2 Å². The number of nitrogens with zero attached hydrogens (tertiary/aromatic N) is 1. The monoisotopic (exact) mass is 625 g/mol. The van der Waals surface area contributed by atoms with Gasteiger partial charge >= 0.3 is 17.9 Å². The number of carboxylic acid groups (broad SMARTS) is 3. The Kier molecular flexibility index (Phi) is 29.8. The second kappa shape index (κ2) is 31.1. The van der Waals surface area contributed by atoms with Gasteiger partial charge in [-0.3, -0.25) is 14.4 Å². The third-order valence-electron chi connectivity index (χ3n) is 8.96. The van der Waals surface area contributed by atoms with Crippen molar-refractivity contribution in [3.63, 3.8) is 0 Å². The zero-order valence-electron chi connectivity index (χ0n) is 28.6. The predicted molar refractivity (Wildman–Crippen MR) is 182 cm³/mol. The van der Waals surface area contributed by atoms with Crippen molar-refractivity contribution in [2.24, 2.45) is 0 Å². The Labute approximate surface area is 270 Å². The summed E-state index contributed by atoms with van der Waals surface area (Å²) in [7, 11) is 0. The van der Waals surface area contributed by atoms with Crippen molar-refractivity contribution in [2.75, 3.05) is 26.2 Å². The van der Waals surface area contributed by atoms with Crippen molar-refractivity contribution in [1.29, 1.82) is 0 Å². The molecule has 0 radical (unpaired) electrons. The van der Waals surface area contributed by atoms with Crippen LogP contribution in [0, 0.1) is 0 Å². The van der Waals surface area contributed by atoms with Crippen molar-refractivity contribution >= 4 is 17.9 Å². The van der Waals surface area contributed by atoms with E-state index < -0.39 is 17.9 Å². The smallest absolute Gasteiger partial charge is 0.303 e. The summed E-state index contributed by atoms with van der Waals surface area (Å²) < 4.78 is 0.868. The molecule has 7 nitrogen and oxygen atoms in total. The average molecular weight is 625 g/mol. The summed E-state index contributed by atoms with van der Waals surface area (Å²) in [6.07, 6.45) is 33.2. The Hall–Kier alpha value is -1.89. The minimum atomic E-state index is -0.766. The van der Waals surface area contributed by atoms with Crippen molar-refractivity contribution in [1.82, 2.24) is 0 Å². The number of hydrogen-bond donors (Lipinski definition) is 3. The van der Waals surface area contributed by atoms with Crippen LogP contribution in [0.4, 0.5) is 0 Å². The normalized spacial score (nSPS) is 11.8. The highest BCUT2D eigenvalue weighted by molar-refractivity contribution is 5.67. The van der Waals surface area contributed by atoms with Gasteiger partial charge in [-0.1, -0.05) is 96.1 Å². The maximum absolute atomic E-state index is 11.0. The molecule has 0 unspecified atom stereocenters. The molecule has 0 aromatic heterocycles. The summed E-state index contributed by atoms with van der Waals surface area (Å²) in [5.41, 5.74) is 0. The van der Waals surface area contributed by atoms with Crippen LogP contribution in [-0.2, 0) is 14.4 Å². The van der Waals surface area contributed by atoms with E-state index >= 15 is 0 Å². The zero-order valence-corrected chi connectivity index (χ0v) is 28.6. The lowest BCUT2D eigenvalue weighted by Crippen LogP contribution is -2.51. The molecule has 0 aromatic rings. The van der Waals surface area contributed by atoms with Gasteiger partial charge in [0.25, 0.3) is 0 Å². The van der Waals surface area contributed by atoms with E-state index in [9.17, 15) is 14.4 Å². The van der Waals surface area contributed by atoms with Crippen LogP contribution in [0.3, 0.4) is 0 Å². The van der Waals surface area contributed by atoms with E-state index in [0.29, 0.717) is 19.3 Å². The lowest BCUT2D eigenvalue weighted by Gasteiger charge is -2.39. The van der Waals surface area contributed by atoms with Crippen molar-refractivity contribution < 1.29 is 34.2 Å². The van der Waals surface area contributed by atoms with Gasteiger partial charge in [0.1, 0.15) is 0 Å². The van der Waals surface area contributed by atoms with E-state index in [2.05, 4.69) is 19.1 Å². The van der Waals surface area contributed by atoms with E-state index in [0.717, 1.165) is 56.3 Å². The first-order valence-electron chi connectivity index (χ1n) is 18.5. The highest BCUT2D eigenvalue weighted by atomic mass is 16.4. The van der Waals surface area contributed by atoms with Crippen LogP contribution < -0.4 is 0 Å². The van der Waals surface area contributed by atoms with E-state index in [1.807, 2.05) is 0 Å². The Morgan fingerprint density at radius 2 is 0.682 bits per heavy atom. The second-order valence-electron chi connectivity index (χ2n) is 13.1. The highest BCUT2D eigenvalue weighted by Crippen LogP contribution is 2.20. The maximum Gasteiger partial charge on any atom is 0.303 e. The Bertz CT molecular complexity index is 668. The molecule has 0 spiro atoms. The predicted octanol–water partition coefficient (Wildman–Crippen LogP) is 10.2. The van der Waals surface area contributed by atoms with Gasteiger partial charge in [0, 0.05) is 19.3 Å². The zero-order chi connectivity index (χ0) is 32.6. The van der Waals surface area contributed by atoms with Gasteiger partial charge in [-0.2, -0.15) is 0 Å². The number of carboxylic acids is 3. The second-order valence-corrected chi connectivity index (χ2v) is 13.1. The standard InChI is InChI=1S/C37H69NO6/c1-2-3-4-5-6-7-8-9-10-11-12-13-14-15-16-17-18-19-20-24-31-38(32-25-21-28-35(39)40,33-26-22-29-36(41)42)34-27-23-30-37(43)44/h9-10H,2-8,11-34H2,1H3,(H2-,39,40,41,42,43,44)/p+1/b10-9+. The topological polar surface area (TPSA) is 112 Å². The summed E-state index contributed by atoms with van der Waals surface area (Å²) in [6, 6.07) is 0. The van der Waals surface area contributed by atoms with E-state index in [1.54, 1.807) is 0 Å². The summed E-state index contributed by atoms with van der Waals surface area (Å²) >= 11 is 0. The van der Waals surface area contributed by atoms with Crippen LogP contribution in [0.2, 0.25) is 0 Å². The molecule has 0 atom stereocenters. The number of aliphatic carboxylic acids is 3. The van der Waals surface area contributed by atoms with Gasteiger partial charge < -0.3 is 19.8 Å². The molecule has 0 aliphatic heterocycles. The Morgan fingerprint density at radius 3 is 1.00 bits per heavy atom. The molecule has 0 heterocycles. The van der Waals surface area contributed by atoms with Crippen LogP contribution in [0.25, 0.3) is 0 Å². The largest absolute Gasteiger partial charge is 0.481 e. The first-order valence-corrected chi connectivity index (χ1v) is 18.5. The van der Waals surface area contributed by atoms with Crippen LogP contribution in [0.1, 0.15) is 180 Å². The molecule has 0 aliphatic carbocycles. The van der Waals surface area contributed by atoms with Crippen molar-refractivity contribution in [3.05, 3.63) is 12.2 Å². The van der Waals surface area contributed by atoms with Gasteiger partial charge in [-0.05, 0) is 77.0 Å². The molecule has 258 valence electrons. The fourth-order valence-electron chi connectivity index (χ4n) is 6.24. The van der Waals surface area contributed by atoms with E-state index in [1.165, 1.54) is 109 Å². The van der Waals surface area contributed by atoms with Crippen molar-refractivity contribution in [3.8, 4) is 0 Å².